The standard InChI is InChI=1S/C17H26N2/c1-2-18-12-17-7-4-10-19(17)13-14-8-9-15-5-3-6-16(15)11-14/h8-9,11,17-18H,2-7,10,12-13H2,1H3. The van der Waals surface area contributed by atoms with E-state index >= 15 is 0 Å². The van der Waals surface area contributed by atoms with Gasteiger partial charge in [-0.15, -0.1) is 0 Å². The van der Waals surface area contributed by atoms with Crippen molar-refractivity contribution in [2.75, 3.05) is 19.6 Å². The number of hydrogen-bond donors (Lipinski definition) is 1. The normalized spacial score (nSPS) is 22.9. The highest BCUT2D eigenvalue weighted by Gasteiger charge is 2.24. The lowest BCUT2D eigenvalue weighted by atomic mass is 10.1. The Hall–Kier alpha value is -0.860. The first-order chi connectivity index (χ1) is 9.36. The van der Waals surface area contributed by atoms with Crippen LogP contribution >= 0.6 is 0 Å². The molecule has 1 aromatic carbocycles. The quantitative estimate of drug-likeness (QED) is 0.873. The monoisotopic (exact) mass is 258 g/mol. The van der Waals surface area contributed by atoms with Gasteiger partial charge in [0, 0.05) is 19.1 Å². The van der Waals surface area contributed by atoms with Crippen LogP contribution in [-0.4, -0.2) is 30.6 Å². The van der Waals surface area contributed by atoms with Crippen molar-refractivity contribution in [3.05, 3.63) is 34.9 Å². The van der Waals surface area contributed by atoms with E-state index in [-0.39, 0.29) is 0 Å². The lowest BCUT2D eigenvalue weighted by Crippen LogP contribution is -2.37. The molecular weight excluding hydrogens is 232 g/mol. The molecule has 1 heterocycles. The van der Waals surface area contributed by atoms with Gasteiger partial charge in [0.15, 0.2) is 0 Å². The number of benzene rings is 1. The zero-order valence-electron chi connectivity index (χ0n) is 12.1. The number of likely N-dealkylation sites (tertiary alicyclic amines) is 1. The van der Waals surface area contributed by atoms with Crippen molar-refractivity contribution in [2.45, 2.75) is 51.6 Å². The molecule has 104 valence electrons. The van der Waals surface area contributed by atoms with Gasteiger partial charge in [-0.05, 0) is 61.9 Å². The van der Waals surface area contributed by atoms with E-state index in [1.165, 1.54) is 44.2 Å². The smallest absolute Gasteiger partial charge is 0.0237 e. The van der Waals surface area contributed by atoms with Gasteiger partial charge in [-0.2, -0.15) is 0 Å². The summed E-state index contributed by atoms with van der Waals surface area (Å²) in [7, 11) is 0. The average molecular weight is 258 g/mol. The summed E-state index contributed by atoms with van der Waals surface area (Å²) >= 11 is 0. The summed E-state index contributed by atoms with van der Waals surface area (Å²) in [4.78, 5) is 2.67. The fourth-order valence-corrected chi connectivity index (χ4v) is 3.60. The first kappa shape index (κ1) is 13.1. The lowest BCUT2D eigenvalue weighted by molar-refractivity contribution is 0.240. The SMILES string of the molecule is CCNCC1CCCN1Cc1ccc2c(c1)CCC2. The maximum atomic E-state index is 3.51. The first-order valence-corrected chi connectivity index (χ1v) is 7.92. The van der Waals surface area contributed by atoms with Crippen molar-refractivity contribution >= 4 is 0 Å². The average Bonchev–Trinajstić information content (AvgIpc) is 3.05. The molecule has 0 aromatic heterocycles. The molecule has 0 bridgehead atoms. The second-order valence-corrected chi connectivity index (χ2v) is 6.03. The molecule has 1 fully saturated rings. The van der Waals surface area contributed by atoms with Crippen LogP contribution in [0.25, 0.3) is 0 Å². The zero-order valence-corrected chi connectivity index (χ0v) is 12.1. The van der Waals surface area contributed by atoms with Crippen LogP contribution in [0, 0.1) is 0 Å². The minimum absolute atomic E-state index is 0.744. The molecule has 2 heteroatoms. The largest absolute Gasteiger partial charge is 0.315 e. The van der Waals surface area contributed by atoms with Crippen LogP contribution in [0.3, 0.4) is 0 Å². The van der Waals surface area contributed by atoms with E-state index in [9.17, 15) is 0 Å². The molecule has 2 nitrogen and oxygen atoms in total. The van der Waals surface area contributed by atoms with E-state index in [1.54, 1.807) is 11.1 Å². The Morgan fingerprint density at radius 1 is 1.21 bits per heavy atom. The van der Waals surface area contributed by atoms with E-state index in [4.69, 9.17) is 0 Å². The molecule has 1 unspecified atom stereocenters. The van der Waals surface area contributed by atoms with Gasteiger partial charge in [0.25, 0.3) is 0 Å². The summed E-state index contributed by atoms with van der Waals surface area (Å²) in [6, 6.07) is 7.93. The topological polar surface area (TPSA) is 15.3 Å². The van der Waals surface area contributed by atoms with Gasteiger partial charge in [0.1, 0.15) is 0 Å². The Kier molecular flexibility index (Phi) is 4.19. The van der Waals surface area contributed by atoms with Gasteiger partial charge >= 0.3 is 0 Å². The minimum atomic E-state index is 0.744. The van der Waals surface area contributed by atoms with Crippen molar-refractivity contribution in [3.63, 3.8) is 0 Å². The van der Waals surface area contributed by atoms with Crippen LogP contribution in [0.4, 0.5) is 0 Å². The van der Waals surface area contributed by atoms with Gasteiger partial charge in [-0.25, -0.2) is 0 Å². The fraction of sp³-hybridized carbons (Fsp3) is 0.647. The first-order valence-electron chi connectivity index (χ1n) is 7.92. The summed E-state index contributed by atoms with van der Waals surface area (Å²) in [5, 5.41) is 3.51. The molecule has 1 atom stereocenters. The summed E-state index contributed by atoms with van der Waals surface area (Å²) in [5.41, 5.74) is 4.72. The molecular formula is C17H26N2. The van der Waals surface area contributed by atoms with Gasteiger partial charge in [0.2, 0.25) is 0 Å². The number of fused-ring (bicyclic) bond motifs is 1. The summed E-state index contributed by atoms with van der Waals surface area (Å²) in [6.07, 6.45) is 6.66. The molecule has 0 spiro atoms. The third-order valence-electron chi connectivity index (χ3n) is 4.68. The van der Waals surface area contributed by atoms with Crippen LogP contribution < -0.4 is 5.32 Å². The summed E-state index contributed by atoms with van der Waals surface area (Å²) < 4.78 is 0. The van der Waals surface area contributed by atoms with Crippen molar-refractivity contribution in [3.8, 4) is 0 Å². The Labute approximate surface area is 117 Å². The second-order valence-electron chi connectivity index (χ2n) is 6.03. The molecule has 1 aromatic rings. The van der Waals surface area contributed by atoms with E-state index in [0.717, 1.165) is 25.7 Å². The number of nitrogens with one attached hydrogen (secondary N) is 1. The molecule has 0 amide bonds. The van der Waals surface area contributed by atoms with Crippen molar-refractivity contribution in [1.82, 2.24) is 10.2 Å². The number of likely N-dealkylation sites (N-methyl/N-ethyl adjacent to an activating group) is 1. The van der Waals surface area contributed by atoms with Crippen molar-refractivity contribution in [2.24, 2.45) is 0 Å². The molecule has 2 aliphatic rings. The van der Waals surface area contributed by atoms with Gasteiger partial charge < -0.3 is 5.32 Å². The number of nitrogens with zero attached hydrogens (tertiary/aromatic N) is 1. The lowest BCUT2D eigenvalue weighted by Gasteiger charge is -2.25. The van der Waals surface area contributed by atoms with E-state index in [0.29, 0.717) is 0 Å². The fourth-order valence-electron chi connectivity index (χ4n) is 3.60. The Balaban J connectivity index is 1.64. The van der Waals surface area contributed by atoms with Crippen LogP contribution in [0.5, 0.6) is 0 Å². The number of hydrogen-bond acceptors (Lipinski definition) is 2. The molecule has 1 aliphatic carbocycles. The third-order valence-corrected chi connectivity index (χ3v) is 4.68. The maximum absolute atomic E-state index is 3.51. The molecule has 1 N–H and O–H groups in total. The predicted molar refractivity (Wildman–Crippen MR) is 80.4 cm³/mol. The van der Waals surface area contributed by atoms with Crippen LogP contribution in [0.1, 0.15) is 42.9 Å². The Morgan fingerprint density at radius 3 is 3.00 bits per heavy atom. The highest BCUT2D eigenvalue weighted by molar-refractivity contribution is 5.35. The highest BCUT2D eigenvalue weighted by Crippen LogP contribution is 2.25. The summed E-state index contributed by atoms with van der Waals surface area (Å²) in [6.45, 7) is 6.85. The van der Waals surface area contributed by atoms with E-state index in [1.807, 2.05) is 0 Å². The van der Waals surface area contributed by atoms with E-state index < -0.39 is 0 Å². The molecule has 0 radical (unpaired) electrons. The molecule has 1 saturated heterocycles. The van der Waals surface area contributed by atoms with Gasteiger partial charge in [0.05, 0.1) is 0 Å². The molecule has 3 rings (SSSR count). The zero-order chi connectivity index (χ0) is 13.1. The highest BCUT2D eigenvalue weighted by atomic mass is 15.2. The van der Waals surface area contributed by atoms with Crippen LogP contribution in [0.15, 0.2) is 18.2 Å². The van der Waals surface area contributed by atoms with Crippen LogP contribution in [-0.2, 0) is 19.4 Å². The predicted octanol–water partition coefficient (Wildman–Crippen LogP) is 2.75. The minimum Gasteiger partial charge on any atom is -0.315 e. The Morgan fingerprint density at radius 2 is 2.11 bits per heavy atom. The van der Waals surface area contributed by atoms with Crippen LogP contribution in [0.2, 0.25) is 0 Å². The Bertz CT molecular complexity index is 427. The van der Waals surface area contributed by atoms with Gasteiger partial charge in [-0.3, -0.25) is 4.90 Å². The molecule has 19 heavy (non-hydrogen) atoms. The summed E-state index contributed by atoms with van der Waals surface area (Å²) in [5.74, 6) is 0. The van der Waals surface area contributed by atoms with Gasteiger partial charge in [-0.1, -0.05) is 25.1 Å². The van der Waals surface area contributed by atoms with Crippen molar-refractivity contribution in [1.29, 1.82) is 0 Å². The second kappa shape index (κ2) is 6.06. The van der Waals surface area contributed by atoms with E-state index in [2.05, 4.69) is 35.3 Å². The third kappa shape index (κ3) is 3.01. The molecule has 1 aliphatic heterocycles. The number of rotatable bonds is 5. The van der Waals surface area contributed by atoms with Crippen molar-refractivity contribution < 1.29 is 0 Å². The molecule has 0 saturated carbocycles. The maximum Gasteiger partial charge on any atom is 0.0237 e. The number of aryl methyl sites for hydroxylation is 2.